The van der Waals surface area contributed by atoms with E-state index in [2.05, 4.69) is 15.3 Å². The first-order chi connectivity index (χ1) is 14.8. The van der Waals surface area contributed by atoms with Crippen molar-refractivity contribution in [1.29, 1.82) is 0 Å². The number of aromatic amines is 1. The van der Waals surface area contributed by atoms with Crippen LogP contribution in [0, 0.1) is 6.92 Å². The smallest absolute Gasteiger partial charge is 0.260 e. The van der Waals surface area contributed by atoms with Crippen LogP contribution in [0.3, 0.4) is 0 Å². The number of nitrogens with zero attached hydrogens (tertiary/aromatic N) is 1. The van der Waals surface area contributed by atoms with E-state index in [4.69, 9.17) is 23.2 Å². The average Bonchev–Trinajstić information content (AvgIpc) is 3.12. The van der Waals surface area contributed by atoms with Gasteiger partial charge in [-0.05, 0) is 37.6 Å². The number of thioether (sulfide) groups is 1. The van der Waals surface area contributed by atoms with Gasteiger partial charge in [0.25, 0.3) is 5.56 Å². The number of aromatic nitrogens is 2. The van der Waals surface area contributed by atoms with Crippen LogP contribution < -0.4 is 10.9 Å². The first-order valence-corrected chi connectivity index (χ1v) is 11.8. The molecule has 158 valence electrons. The summed E-state index contributed by atoms with van der Waals surface area (Å²) in [6.07, 6.45) is 0. The number of benzene rings is 2. The van der Waals surface area contributed by atoms with E-state index in [-0.39, 0.29) is 11.5 Å². The van der Waals surface area contributed by atoms with Gasteiger partial charge < -0.3 is 10.3 Å². The Kier molecular flexibility index (Phi) is 6.39. The highest BCUT2D eigenvalue weighted by Gasteiger charge is 2.19. The fourth-order valence-electron chi connectivity index (χ4n) is 3.02. The van der Waals surface area contributed by atoms with E-state index < -0.39 is 5.25 Å². The summed E-state index contributed by atoms with van der Waals surface area (Å²) in [6.45, 7) is 3.76. The number of fused-ring (bicyclic) bond motifs is 1. The summed E-state index contributed by atoms with van der Waals surface area (Å²) < 4.78 is 0. The lowest BCUT2D eigenvalue weighted by atomic mass is 10.1. The predicted molar refractivity (Wildman–Crippen MR) is 131 cm³/mol. The Labute approximate surface area is 196 Å². The molecule has 31 heavy (non-hydrogen) atoms. The van der Waals surface area contributed by atoms with Gasteiger partial charge in [-0.3, -0.25) is 9.59 Å². The zero-order valence-electron chi connectivity index (χ0n) is 16.5. The van der Waals surface area contributed by atoms with Crippen molar-refractivity contribution < 1.29 is 4.79 Å². The van der Waals surface area contributed by atoms with Gasteiger partial charge >= 0.3 is 0 Å². The highest BCUT2D eigenvalue weighted by atomic mass is 35.5. The SMILES string of the molecule is Cc1ccc(-c2csc3nc(SC(C)C(=O)Nc4cc(Cl)cc(Cl)c4)[nH]c(=O)c23)cc1. The second kappa shape index (κ2) is 9.04. The Morgan fingerprint density at radius 3 is 2.52 bits per heavy atom. The molecule has 2 aromatic heterocycles. The van der Waals surface area contributed by atoms with Crippen LogP contribution in [-0.2, 0) is 4.79 Å². The molecule has 0 aliphatic carbocycles. The van der Waals surface area contributed by atoms with E-state index in [0.717, 1.165) is 16.7 Å². The second-order valence-corrected chi connectivity index (χ2v) is 10.0. The van der Waals surface area contributed by atoms with Gasteiger partial charge in [0, 0.05) is 26.7 Å². The molecule has 2 heterocycles. The third kappa shape index (κ3) is 4.96. The Morgan fingerprint density at radius 2 is 1.84 bits per heavy atom. The Hall–Kier alpha value is -2.32. The van der Waals surface area contributed by atoms with Crippen LogP contribution in [0.2, 0.25) is 10.0 Å². The summed E-state index contributed by atoms with van der Waals surface area (Å²) in [7, 11) is 0. The standard InChI is InChI=1S/C22H17Cl2N3O2S2/c1-11-3-5-13(6-4-11)17-10-30-21-18(17)20(29)26-22(27-21)31-12(2)19(28)25-16-8-14(23)7-15(24)9-16/h3-10,12H,1-2H3,(H,25,28)(H,26,27,29). The molecule has 0 fully saturated rings. The summed E-state index contributed by atoms with van der Waals surface area (Å²) in [5.74, 6) is -0.252. The van der Waals surface area contributed by atoms with Crippen LogP contribution in [0.15, 0.2) is 57.8 Å². The van der Waals surface area contributed by atoms with Crippen LogP contribution in [0.25, 0.3) is 21.3 Å². The number of nitrogens with one attached hydrogen (secondary N) is 2. The molecule has 1 amide bonds. The van der Waals surface area contributed by atoms with Crippen molar-refractivity contribution in [3.63, 3.8) is 0 Å². The zero-order chi connectivity index (χ0) is 22.1. The van der Waals surface area contributed by atoms with Crippen LogP contribution in [-0.4, -0.2) is 21.1 Å². The molecule has 0 saturated heterocycles. The lowest BCUT2D eigenvalue weighted by Crippen LogP contribution is -2.23. The van der Waals surface area contributed by atoms with Crippen molar-refractivity contribution in [2.45, 2.75) is 24.3 Å². The molecule has 0 radical (unpaired) electrons. The largest absolute Gasteiger partial charge is 0.325 e. The lowest BCUT2D eigenvalue weighted by Gasteiger charge is -2.12. The third-order valence-electron chi connectivity index (χ3n) is 4.57. The normalized spacial score (nSPS) is 12.1. The van der Waals surface area contributed by atoms with Gasteiger partial charge in [-0.25, -0.2) is 4.98 Å². The van der Waals surface area contributed by atoms with Crippen molar-refractivity contribution >= 4 is 68.1 Å². The highest BCUT2D eigenvalue weighted by molar-refractivity contribution is 8.00. The molecule has 0 aliphatic rings. The maximum atomic E-state index is 12.8. The van der Waals surface area contributed by atoms with Gasteiger partial charge in [0.2, 0.25) is 5.91 Å². The van der Waals surface area contributed by atoms with E-state index in [0.29, 0.717) is 31.1 Å². The number of aryl methyl sites for hydroxylation is 1. The van der Waals surface area contributed by atoms with Gasteiger partial charge in [0.15, 0.2) is 5.16 Å². The maximum absolute atomic E-state index is 12.8. The minimum Gasteiger partial charge on any atom is -0.325 e. The van der Waals surface area contributed by atoms with E-state index in [1.165, 1.54) is 23.1 Å². The molecule has 0 bridgehead atoms. The Balaban J connectivity index is 1.55. The van der Waals surface area contributed by atoms with Crippen molar-refractivity contribution in [3.8, 4) is 11.1 Å². The second-order valence-electron chi connectivity index (χ2n) is 6.97. The van der Waals surface area contributed by atoms with Gasteiger partial charge in [-0.2, -0.15) is 0 Å². The molecule has 0 saturated carbocycles. The first-order valence-electron chi connectivity index (χ1n) is 9.32. The highest BCUT2D eigenvalue weighted by Crippen LogP contribution is 2.32. The van der Waals surface area contributed by atoms with Gasteiger partial charge in [-0.1, -0.05) is 64.8 Å². The number of rotatable bonds is 5. The van der Waals surface area contributed by atoms with Crippen LogP contribution >= 0.6 is 46.3 Å². The number of carbonyl (C=O) groups excluding carboxylic acids is 1. The molecule has 1 atom stereocenters. The first kappa shape index (κ1) is 21.9. The molecular formula is C22H17Cl2N3O2S2. The number of halogens is 2. The van der Waals surface area contributed by atoms with Crippen molar-refractivity contribution in [1.82, 2.24) is 9.97 Å². The van der Waals surface area contributed by atoms with E-state index in [1.807, 2.05) is 36.6 Å². The molecule has 4 rings (SSSR count). The molecule has 1 unspecified atom stereocenters. The van der Waals surface area contributed by atoms with E-state index in [9.17, 15) is 9.59 Å². The van der Waals surface area contributed by atoms with E-state index >= 15 is 0 Å². The number of hydrogen-bond acceptors (Lipinski definition) is 5. The number of H-pyrrole nitrogens is 1. The Morgan fingerprint density at radius 1 is 1.16 bits per heavy atom. The van der Waals surface area contributed by atoms with Crippen molar-refractivity contribution in [2.75, 3.05) is 5.32 Å². The molecule has 5 nitrogen and oxygen atoms in total. The predicted octanol–water partition coefficient (Wildman–Crippen LogP) is 6.39. The molecule has 4 aromatic rings. The summed E-state index contributed by atoms with van der Waals surface area (Å²) in [6, 6.07) is 12.8. The minimum absolute atomic E-state index is 0.224. The number of carbonyl (C=O) groups is 1. The van der Waals surface area contributed by atoms with Crippen LogP contribution in [0.1, 0.15) is 12.5 Å². The molecule has 0 aliphatic heterocycles. The van der Waals surface area contributed by atoms with Gasteiger partial charge in [0.1, 0.15) is 4.83 Å². The number of thiophene rings is 1. The zero-order valence-corrected chi connectivity index (χ0v) is 19.7. The molecular weight excluding hydrogens is 473 g/mol. The quantitative estimate of drug-likeness (QED) is 0.251. The van der Waals surface area contributed by atoms with Crippen molar-refractivity contribution in [3.05, 3.63) is 73.8 Å². The van der Waals surface area contributed by atoms with Gasteiger partial charge in [0.05, 0.1) is 10.6 Å². The van der Waals surface area contributed by atoms with Crippen LogP contribution in [0.4, 0.5) is 5.69 Å². The Bertz CT molecular complexity index is 1310. The minimum atomic E-state index is -0.505. The molecule has 9 heteroatoms. The lowest BCUT2D eigenvalue weighted by molar-refractivity contribution is -0.115. The summed E-state index contributed by atoms with van der Waals surface area (Å²) in [5, 5.41) is 6.02. The maximum Gasteiger partial charge on any atom is 0.260 e. The topological polar surface area (TPSA) is 74.8 Å². The fraction of sp³-hybridized carbons (Fsp3) is 0.136. The number of amides is 1. The van der Waals surface area contributed by atoms with E-state index in [1.54, 1.807) is 25.1 Å². The summed E-state index contributed by atoms with van der Waals surface area (Å²) in [4.78, 5) is 33.4. The molecule has 0 spiro atoms. The van der Waals surface area contributed by atoms with Crippen LogP contribution in [0.5, 0.6) is 0 Å². The number of hydrogen-bond donors (Lipinski definition) is 2. The molecule has 2 aromatic carbocycles. The average molecular weight is 490 g/mol. The third-order valence-corrected chi connectivity index (χ3v) is 6.87. The molecule has 2 N–H and O–H groups in total. The summed E-state index contributed by atoms with van der Waals surface area (Å²) >= 11 is 14.5. The monoisotopic (exact) mass is 489 g/mol. The van der Waals surface area contributed by atoms with Crippen molar-refractivity contribution in [2.24, 2.45) is 0 Å². The number of anilines is 1. The van der Waals surface area contributed by atoms with Gasteiger partial charge in [-0.15, -0.1) is 11.3 Å². The summed E-state index contributed by atoms with van der Waals surface area (Å²) in [5.41, 5.74) is 3.26. The fourth-order valence-corrected chi connectivity index (χ4v) is 5.35.